The summed E-state index contributed by atoms with van der Waals surface area (Å²) >= 11 is 0. The molecule has 0 heterocycles. The van der Waals surface area contributed by atoms with Crippen LogP contribution in [0.1, 0.15) is 26.4 Å². The quantitative estimate of drug-likeness (QED) is 0.851. The van der Waals surface area contributed by atoms with Gasteiger partial charge in [0.15, 0.2) is 0 Å². The Kier molecular flexibility index (Phi) is 4.05. The van der Waals surface area contributed by atoms with Gasteiger partial charge in [-0.25, -0.2) is 0 Å². The number of rotatable bonds is 6. The Morgan fingerprint density at radius 1 is 1.21 bits per heavy atom. The van der Waals surface area contributed by atoms with Crippen molar-refractivity contribution in [1.29, 1.82) is 0 Å². The van der Waals surface area contributed by atoms with Gasteiger partial charge in [-0.05, 0) is 37.7 Å². The van der Waals surface area contributed by atoms with Gasteiger partial charge >= 0.3 is 0 Å². The van der Waals surface area contributed by atoms with E-state index < -0.39 is 0 Å². The van der Waals surface area contributed by atoms with Crippen molar-refractivity contribution in [3.05, 3.63) is 65.7 Å². The lowest BCUT2D eigenvalue weighted by Gasteiger charge is -2.20. The summed E-state index contributed by atoms with van der Waals surface area (Å²) < 4.78 is 21.8. The molecule has 2 aromatic rings. The van der Waals surface area contributed by atoms with E-state index in [9.17, 15) is 0 Å². The highest BCUT2D eigenvalue weighted by atomic mass is 16.5. The van der Waals surface area contributed by atoms with Crippen molar-refractivity contribution in [1.82, 2.24) is 5.32 Å². The van der Waals surface area contributed by atoms with Crippen LogP contribution in [0.2, 0.25) is 0 Å². The van der Waals surface area contributed by atoms with Crippen molar-refractivity contribution < 1.29 is 7.48 Å². The molecule has 1 N–H and O–H groups in total. The molecule has 2 heteroatoms. The lowest BCUT2D eigenvalue weighted by molar-refractivity contribution is 0.193. The van der Waals surface area contributed by atoms with Crippen LogP contribution in [0.4, 0.5) is 0 Å². The predicted octanol–water partition coefficient (Wildman–Crippen LogP) is 3.72. The van der Waals surface area contributed by atoms with E-state index in [0.29, 0.717) is 11.8 Å². The predicted molar refractivity (Wildman–Crippen MR) is 79.5 cm³/mol. The number of nitrogens with one attached hydrogen (secondary N) is 1. The Bertz CT molecular complexity index is 564. The molecule has 1 atom stereocenters. The topological polar surface area (TPSA) is 21.3 Å². The minimum atomic E-state index is -0.0990. The first kappa shape index (κ1) is 11.1. The summed E-state index contributed by atoms with van der Waals surface area (Å²) in [5.74, 6) is 0.566. The maximum atomic E-state index is 8.02. The highest BCUT2D eigenvalue weighted by Gasteiger charge is 2.13. The zero-order valence-electron chi connectivity index (χ0n) is 13.4. The van der Waals surface area contributed by atoms with E-state index in [0.717, 1.165) is 24.1 Å². The third-order valence-electron chi connectivity index (χ3n) is 3.03. The van der Waals surface area contributed by atoms with Crippen molar-refractivity contribution in [2.45, 2.75) is 19.4 Å². The lowest BCUT2D eigenvalue weighted by atomic mass is 10.1. The average molecular weight is 257 g/mol. The molecule has 2 aromatic carbocycles. The van der Waals surface area contributed by atoms with Crippen LogP contribution >= 0.6 is 0 Å². The van der Waals surface area contributed by atoms with E-state index in [1.54, 1.807) is 6.07 Å². The second-order valence-corrected chi connectivity index (χ2v) is 4.52. The molecule has 0 aliphatic carbocycles. The largest absolute Gasteiger partial charge is 0.485 e. The third-order valence-corrected chi connectivity index (χ3v) is 3.03. The van der Waals surface area contributed by atoms with Gasteiger partial charge in [-0.3, -0.25) is 0 Å². The number of aryl methyl sites for hydroxylation is 1. The van der Waals surface area contributed by atoms with Gasteiger partial charge in [0.25, 0.3) is 0 Å². The summed E-state index contributed by atoms with van der Waals surface area (Å²) in [6.45, 7) is 2.72. The van der Waals surface area contributed by atoms with Gasteiger partial charge in [0.2, 0.25) is 0 Å². The lowest BCUT2D eigenvalue weighted by Crippen LogP contribution is -2.16. The number of hydrogen-bond acceptors (Lipinski definition) is 2. The van der Waals surface area contributed by atoms with Crippen molar-refractivity contribution in [3.63, 3.8) is 0 Å². The van der Waals surface area contributed by atoms with Crippen LogP contribution in [0, 0.1) is 6.92 Å². The fourth-order valence-electron chi connectivity index (χ4n) is 1.96. The molecule has 0 saturated carbocycles. The number of para-hydroxylation sites is 1. The molecule has 0 fully saturated rings. The van der Waals surface area contributed by atoms with E-state index in [4.69, 9.17) is 7.48 Å². The molecule has 0 saturated heterocycles. The average Bonchev–Trinajstić information content (AvgIpc) is 2.46. The van der Waals surface area contributed by atoms with Crippen molar-refractivity contribution in [2.75, 3.05) is 13.6 Å². The molecule has 0 bridgehead atoms. The normalized spacial score (nSPS) is 13.6. The minimum Gasteiger partial charge on any atom is -0.485 e. The minimum absolute atomic E-state index is 0.0990. The molecule has 100 valence electrons. The molecule has 0 spiro atoms. The molecular formula is C17H21NO. The first-order chi connectivity index (χ1) is 10.1. The SMILES string of the molecule is [2H]c1cc([2H])c(O[C@H](CCNC)c2ccccc2)c(C)c1. The molecule has 2 nitrogen and oxygen atoms in total. The van der Waals surface area contributed by atoms with Gasteiger partial charge in [-0.1, -0.05) is 48.5 Å². The van der Waals surface area contributed by atoms with Gasteiger partial charge in [0.1, 0.15) is 11.9 Å². The van der Waals surface area contributed by atoms with Crippen LogP contribution in [0.25, 0.3) is 0 Å². The summed E-state index contributed by atoms with van der Waals surface area (Å²) in [6, 6.07) is 13.9. The number of ether oxygens (including phenoxy) is 1. The van der Waals surface area contributed by atoms with Crippen molar-refractivity contribution in [3.8, 4) is 5.75 Å². The van der Waals surface area contributed by atoms with E-state index in [1.807, 2.05) is 44.3 Å². The fourth-order valence-corrected chi connectivity index (χ4v) is 1.96. The van der Waals surface area contributed by atoms with Gasteiger partial charge in [-0.15, -0.1) is 0 Å². The van der Waals surface area contributed by atoms with Gasteiger partial charge < -0.3 is 10.1 Å². The van der Waals surface area contributed by atoms with Gasteiger partial charge in [0.05, 0.1) is 2.74 Å². The van der Waals surface area contributed by atoms with Crippen molar-refractivity contribution >= 4 is 0 Å². The third kappa shape index (κ3) is 3.83. The maximum Gasteiger partial charge on any atom is 0.125 e. The van der Waals surface area contributed by atoms with Crippen LogP contribution in [0.5, 0.6) is 5.75 Å². The fraction of sp³-hybridized carbons (Fsp3) is 0.294. The first-order valence-corrected chi connectivity index (χ1v) is 6.56. The molecule has 0 radical (unpaired) electrons. The van der Waals surface area contributed by atoms with Crippen LogP contribution in [0.15, 0.2) is 54.5 Å². The monoisotopic (exact) mass is 257 g/mol. The number of benzene rings is 2. The summed E-state index contributed by atoms with van der Waals surface area (Å²) in [5, 5.41) is 3.14. The Hall–Kier alpha value is -1.80. The Balaban J connectivity index is 2.27. The second kappa shape index (κ2) is 6.95. The van der Waals surface area contributed by atoms with Gasteiger partial charge in [0, 0.05) is 6.42 Å². The molecule has 0 aliphatic heterocycles. The zero-order chi connectivity index (χ0) is 15.2. The molecular weight excluding hydrogens is 234 g/mol. The zero-order valence-corrected chi connectivity index (χ0v) is 11.4. The number of hydrogen-bond donors (Lipinski definition) is 1. The summed E-state index contributed by atoms with van der Waals surface area (Å²) in [6.07, 6.45) is 0.722. The summed E-state index contributed by atoms with van der Waals surface area (Å²) in [7, 11) is 1.91. The Morgan fingerprint density at radius 3 is 2.68 bits per heavy atom. The van der Waals surface area contributed by atoms with E-state index in [2.05, 4.69) is 5.32 Å². The van der Waals surface area contributed by atoms with Crippen LogP contribution in [0.3, 0.4) is 0 Å². The molecule has 0 aromatic heterocycles. The van der Waals surface area contributed by atoms with Crippen molar-refractivity contribution in [2.24, 2.45) is 0 Å². The highest BCUT2D eigenvalue weighted by Crippen LogP contribution is 2.26. The van der Waals surface area contributed by atoms with E-state index in [-0.39, 0.29) is 12.1 Å². The highest BCUT2D eigenvalue weighted by molar-refractivity contribution is 5.33. The summed E-state index contributed by atoms with van der Waals surface area (Å²) in [4.78, 5) is 0. The van der Waals surface area contributed by atoms with E-state index in [1.165, 1.54) is 6.07 Å². The van der Waals surface area contributed by atoms with Crippen LogP contribution < -0.4 is 10.1 Å². The Morgan fingerprint density at radius 2 is 2.00 bits per heavy atom. The van der Waals surface area contributed by atoms with Crippen LogP contribution in [-0.4, -0.2) is 13.6 Å². The van der Waals surface area contributed by atoms with Crippen LogP contribution in [-0.2, 0) is 0 Å². The molecule has 19 heavy (non-hydrogen) atoms. The molecule has 0 amide bonds. The van der Waals surface area contributed by atoms with Gasteiger partial charge in [-0.2, -0.15) is 0 Å². The molecule has 2 rings (SSSR count). The van der Waals surface area contributed by atoms with E-state index >= 15 is 0 Å². The summed E-state index contributed by atoms with van der Waals surface area (Å²) in [5.41, 5.74) is 1.93. The standard InChI is InChI=1S/C17H21NO/c1-14-8-6-7-11-16(14)19-17(12-13-18-2)15-9-4-3-5-10-15/h3-11,17-18H,12-13H2,1-2H3/t17-/m1/s1/i6D,11D. The molecule has 0 aliphatic rings. The Labute approximate surface area is 118 Å². The first-order valence-electron chi connectivity index (χ1n) is 7.56. The maximum absolute atomic E-state index is 8.02. The second-order valence-electron chi connectivity index (χ2n) is 4.52. The molecule has 0 unspecified atom stereocenters. The smallest absolute Gasteiger partial charge is 0.125 e.